The van der Waals surface area contributed by atoms with Gasteiger partial charge in [-0.3, -0.25) is 4.90 Å². The smallest absolute Gasteiger partial charge is 0.130 e. The number of aromatic nitrogens is 1. The molecule has 0 amide bonds. The van der Waals surface area contributed by atoms with Crippen molar-refractivity contribution < 1.29 is 4.74 Å². The fourth-order valence-electron chi connectivity index (χ4n) is 2.29. The number of likely N-dealkylation sites (N-methyl/N-ethyl adjacent to an activating group) is 1. The molecule has 1 atom stereocenters. The molecule has 0 spiro atoms. The number of rotatable bonds is 6. The number of ether oxygens (including phenoxy) is 1. The maximum atomic E-state index is 5.22. The fraction of sp³-hybridized carbons (Fsp3) is 0.438. The van der Waals surface area contributed by atoms with Crippen LogP contribution in [0.1, 0.15) is 12.5 Å². The van der Waals surface area contributed by atoms with Crippen molar-refractivity contribution in [3.05, 3.63) is 35.9 Å². The van der Waals surface area contributed by atoms with Crippen molar-refractivity contribution >= 4 is 16.7 Å². The molecule has 4 heteroatoms. The number of fused-ring (bicyclic) bond motifs is 1. The Kier molecular flexibility index (Phi) is 4.93. The third-order valence-electron chi connectivity index (χ3n) is 3.62. The van der Waals surface area contributed by atoms with Gasteiger partial charge in [0.15, 0.2) is 0 Å². The molecule has 20 heavy (non-hydrogen) atoms. The first-order chi connectivity index (χ1) is 9.65. The normalized spacial score (nSPS) is 12.8. The Morgan fingerprint density at radius 3 is 2.80 bits per heavy atom. The largest absolute Gasteiger partial charge is 0.383 e. The number of hydrogen-bond acceptors (Lipinski definition) is 4. The fourth-order valence-corrected chi connectivity index (χ4v) is 2.29. The minimum atomic E-state index is 0.371. The second kappa shape index (κ2) is 6.68. The molecule has 2 rings (SSSR count). The predicted molar refractivity (Wildman–Crippen MR) is 84.1 cm³/mol. The summed E-state index contributed by atoms with van der Waals surface area (Å²) in [5, 5.41) is 4.37. The van der Waals surface area contributed by atoms with Gasteiger partial charge in [0.25, 0.3) is 0 Å². The summed E-state index contributed by atoms with van der Waals surface area (Å²) < 4.78 is 5.22. The van der Waals surface area contributed by atoms with Crippen LogP contribution in [0.3, 0.4) is 0 Å². The van der Waals surface area contributed by atoms with Crippen LogP contribution in [-0.2, 0) is 11.3 Å². The van der Waals surface area contributed by atoms with Crippen molar-refractivity contribution in [2.45, 2.75) is 19.5 Å². The molecule has 1 aromatic carbocycles. The van der Waals surface area contributed by atoms with Crippen LogP contribution in [0, 0.1) is 0 Å². The standard InChI is InChI=1S/C16H23N3O/c1-12(11-20-4)19(3)10-14-9-13-7-5-6-8-15(13)18-16(14)17-2/h5-9,12H,10-11H2,1-4H3,(H,17,18). The molecule has 0 fully saturated rings. The van der Waals surface area contributed by atoms with Crippen molar-refractivity contribution in [2.75, 3.05) is 33.1 Å². The van der Waals surface area contributed by atoms with Crippen LogP contribution in [0.4, 0.5) is 5.82 Å². The van der Waals surface area contributed by atoms with Crippen molar-refractivity contribution in [3.63, 3.8) is 0 Å². The number of nitrogens with zero attached hydrogens (tertiary/aromatic N) is 2. The summed E-state index contributed by atoms with van der Waals surface area (Å²) in [5.74, 6) is 0.945. The lowest BCUT2D eigenvalue weighted by atomic mass is 10.1. The average molecular weight is 273 g/mol. The van der Waals surface area contributed by atoms with E-state index in [9.17, 15) is 0 Å². The highest BCUT2D eigenvalue weighted by Gasteiger charge is 2.13. The Morgan fingerprint density at radius 2 is 2.10 bits per heavy atom. The van der Waals surface area contributed by atoms with Crippen LogP contribution in [0.2, 0.25) is 0 Å². The van der Waals surface area contributed by atoms with Crippen LogP contribution in [-0.4, -0.2) is 43.7 Å². The zero-order valence-corrected chi connectivity index (χ0v) is 12.7. The number of nitrogens with one attached hydrogen (secondary N) is 1. The maximum absolute atomic E-state index is 5.22. The SMILES string of the molecule is CNc1nc2ccccc2cc1CN(C)C(C)COC. The van der Waals surface area contributed by atoms with Crippen LogP contribution >= 0.6 is 0 Å². The molecular formula is C16H23N3O. The zero-order chi connectivity index (χ0) is 14.5. The lowest BCUT2D eigenvalue weighted by Gasteiger charge is -2.25. The van der Waals surface area contributed by atoms with Crippen molar-refractivity contribution in [2.24, 2.45) is 0 Å². The molecule has 0 aliphatic carbocycles. The van der Waals surface area contributed by atoms with Gasteiger partial charge in [-0.05, 0) is 26.1 Å². The molecule has 1 heterocycles. The van der Waals surface area contributed by atoms with E-state index in [1.165, 1.54) is 10.9 Å². The summed E-state index contributed by atoms with van der Waals surface area (Å²) >= 11 is 0. The Balaban J connectivity index is 2.28. The number of hydrogen-bond donors (Lipinski definition) is 1. The van der Waals surface area contributed by atoms with E-state index in [0.29, 0.717) is 6.04 Å². The first-order valence-electron chi connectivity index (χ1n) is 6.91. The average Bonchev–Trinajstić information content (AvgIpc) is 2.46. The van der Waals surface area contributed by atoms with Gasteiger partial charge in [0, 0.05) is 37.7 Å². The quantitative estimate of drug-likeness (QED) is 0.878. The molecule has 1 unspecified atom stereocenters. The summed E-state index contributed by atoms with van der Waals surface area (Å²) in [7, 11) is 5.76. The van der Waals surface area contributed by atoms with E-state index in [2.05, 4.69) is 41.3 Å². The van der Waals surface area contributed by atoms with E-state index in [4.69, 9.17) is 4.74 Å². The topological polar surface area (TPSA) is 37.4 Å². The van der Waals surface area contributed by atoms with E-state index in [1.807, 2.05) is 25.2 Å². The second-order valence-corrected chi connectivity index (χ2v) is 5.16. The van der Waals surface area contributed by atoms with Crippen LogP contribution in [0.5, 0.6) is 0 Å². The molecule has 0 bridgehead atoms. The highest BCUT2D eigenvalue weighted by atomic mass is 16.5. The molecule has 0 saturated carbocycles. The van der Waals surface area contributed by atoms with E-state index in [0.717, 1.165) is 24.5 Å². The first kappa shape index (κ1) is 14.8. The number of para-hydroxylation sites is 1. The lowest BCUT2D eigenvalue weighted by Crippen LogP contribution is -2.32. The van der Waals surface area contributed by atoms with Gasteiger partial charge in [-0.15, -0.1) is 0 Å². The third kappa shape index (κ3) is 3.26. The Hall–Kier alpha value is -1.65. The molecule has 108 valence electrons. The summed E-state index contributed by atoms with van der Waals surface area (Å²) in [6, 6.07) is 10.8. The molecule has 2 aromatic rings. The highest BCUT2D eigenvalue weighted by Crippen LogP contribution is 2.21. The summed E-state index contributed by atoms with van der Waals surface area (Å²) in [6.07, 6.45) is 0. The van der Waals surface area contributed by atoms with Crippen molar-refractivity contribution in [1.82, 2.24) is 9.88 Å². The molecule has 0 radical (unpaired) electrons. The van der Waals surface area contributed by atoms with Gasteiger partial charge in [0.2, 0.25) is 0 Å². The second-order valence-electron chi connectivity index (χ2n) is 5.16. The number of methoxy groups -OCH3 is 1. The Labute approximate surface area is 120 Å². The Morgan fingerprint density at radius 1 is 1.35 bits per heavy atom. The van der Waals surface area contributed by atoms with E-state index in [1.54, 1.807) is 7.11 Å². The minimum absolute atomic E-state index is 0.371. The first-order valence-corrected chi connectivity index (χ1v) is 6.91. The van der Waals surface area contributed by atoms with Crippen molar-refractivity contribution in [3.8, 4) is 0 Å². The van der Waals surface area contributed by atoms with Gasteiger partial charge in [0.05, 0.1) is 12.1 Å². The lowest BCUT2D eigenvalue weighted by molar-refractivity contribution is 0.112. The van der Waals surface area contributed by atoms with Gasteiger partial charge in [-0.1, -0.05) is 18.2 Å². The van der Waals surface area contributed by atoms with E-state index >= 15 is 0 Å². The Bertz CT molecular complexity index is 571. The van der Waals surface area contributed by atoms with Crippen LogP contribution in [0.15, 0.2) is 30.3 Å². The molecule has 0 saturated heterocycles. The molecule has 4 nitrogen and oxygen atoms in total. The summed E-state index contributed by atoms with van der Waals surface area (Å²) in [5.41, 5.74) is 2.23. The van der Waals surface area contributed by atoms with Gasteiger partial charge >= 0.3 is 0 Å². The molecule has 0 aliphatic heterocycles. The number of benzene rings is 1. The third-order valence-corrected chi connectivity index (χ3v) is 3.62. The molecule has 0 aliphatic rings. The van der Waals surface area contributed by atoms with Gasteiger partial charge in [0.1, 0.15) is 5.82 Å². The van der Waals surface area contributed by atoms with Gasteiger partial charge in [-0.2, -0.15) is 0 Å². The summed E-state index contributed by atoms with van der Waals surface area (Å²) in [6.45, 7) is 3.74. The maximum Gasteiger partial charge on any atom is 0.130 e. The summed E-state index contributed by atoms with van der Waals surface area (Å²) in [4.78, 5) is 6.96. The van der Waals surface area contributed by atoms with Crippen LogP contribution in [0.25, 0.3) is 10.9 Å². The minimum Gasteiger partial charge on any atom is -0.383 e. The highest BCUT2D eigenvalue weighted by molar-refractivity contribution is 5.81. The monoisotopic (exact) mass is 273 g/mol. The van der Waals surface area contributed by atoms with Crippen molar-refractivity contribution in [1.29, 1.82) is 0 Å². The predicted octanol–water partition coefficient (Wildman–Crippen LogP) is 2.74. The number of pyridine rings is 1. The molecular weight excluding hydrogens is 250 g/mol. The zero-order valence-electron chi connectivity index (χ0n) is 12.7. The van der Waals surface area contributed by atoms with Gasteiger partial charge < -0.3 is 10.1 Å². The van der Waals surface area contributed by atoms with E-state index in [-0.39, 0.29) is 0 Å². The molecule has 1 N–H and O–H groups in total. The van der Waals surface area contributed by atoms with Crippen LogP contribution < -0.4 is 5.32 Å². The van der Waals surface area contributed by atoms with Gasteiger partial charge in [-0.25, -0.2) is 4.98 Å². The molecule has 1 aromatic heterocycles. The number of anilines is 1. The van der Waals surface area contributed by atoms with E-state index < -0.39 is 0 Å².